The number of imide groups is 1. The van der Waals surface area contributed by atoms with E-state index >= 15 is 0 Å². The number of ether oxygens (including phenoxy) is 1. The Morgan fingerprint density at radius 2 is 1.96 bits per heavy atom. The molecule has 1 aromatic carbocycles. The van der Waals surface area contributed by atoms with E-state index in [-0.39, 0.29) is 34.8 Å². The van der Waals surface area contributed by atoms with Crippen LogP contribution in [0, 0.1) is 22.7 Å². The molecule has 4 heteroatoms. The number of carbonyl (C=O) groups excluding carboxylic acids is 2. The molecule has 0 unspecified atom stereocenters. The van der Waals surface area contributed by atoms with Crippen molar-refractivity contribution in [3.63, 3.8) is 0 Å². The Bertz CT molecular complexity index is 713. The molecular weight excluding hydrogens is 314 g/mol. The zero-order valence-electron chi connectivity index (χ0n) is 15.5. The highest BCUT2D eigenvalue weighted by Gasteiger charge is 2.73. The van der Waals surface area contributed by atoms with Crippen LogP contribution in [0.5, 0.6) is 0 Å². The smallest absolute Gasteiger partial charge is 0.417 e. The molecule has 25 heavy (non-hydrogen) atoms. The molecule has 1 heterocycles. The highest BCUT2D eigenvalue weighted by atomic mass is 16.6. The Morgan fingerprint density at radius 3 is 2.64 bits per heavy atom. The van der Waals surface area contributed by atoms with Gasteiger partial charge in [-0.15, -0.1) is 0 Å². The average molecular weight is 341 g/mol. The van der Waals surface area contributed by atoms with Crippen LogP contribution in [-0.2, 0) is 16.0 Å². The maximum Gasteiger partial charge on any atom is 0.417 e. The van der Waals surface area contributed by atoms with Crippen LogP contribution in [0.3, 0.4) is 0 Å². The molecule has 0 radical (unpaired) electrons. The van der Waals surface area contributed by atoms with Crippen LogP contribution in [0.4, 0.5) is 4.79 Å². The van der Waals surface area contributed by atoms with Gasteiger partial charge in [0.1, 0.15) is 6.10 Å². The molecule has 4 nitrogen and oxygen atoms in total. The van der Waals surface area contributed by atoms with Crippen LogP contribution in [0.2, 0.25) is 0 Å². The fourth-order valence-electron chi connectivity index (χ4n) is 5.63. The number of benzene rings is 1. The number of nitrogens with zero attached hydrogens (tertiary/aromatic N) is 1. The van der Waals surface area contributed by atoms with Gasteiger partial charge < -0.3 is 4.74 Å². The first-order valence-electron chi connectivity index (χ1n) is 9.35. The lowest BCUT2D eigenvalue weighted by molar-refractivity contribution is -0.135. The molecule has 5 atom stereocenters. The SMILES string of the molecule is C[C@H](Cc1ccccc1)C(=O)N1C(=O)O[C@@H]2[C@H]3CC[C@@](C)([C@@H]21)C3(C)C. The van der Waals surface area contributed by atoms with Crippen LogP contribution < -0.4 is 0 Å². The van der Waals surface area contributed by atoms with Crippen molar-refractivity contribution in [3.05, 3.63) is 35.9 Å². The maximum atomic E-state index is 13.2. The van der Waals surface area contributed by atoms with Gasteiger partial charge in [-0.05, 0) is 35.7 Å². The van der Waals surface area contributed by atoms with Crippen molar-refractivity contribution in [1.82, 2.24) is 4.90 Å². The normalized spacial score (nSPS) is 36.2. The molecule has 2 saturated carbocycles. The Kier molecular flexibility index (Phi) is 3.54. The van der Waals surface area contributed by atoms with Crippen LogP contribution in [0.15, 0.2) is 30.3 Å². The number of amides is 2. The summed E-state index contributed by atoms with van der Waals surface area (Å²) >= 11 is 0. The van der Waals surface area contributed by atoms with Gasteiger partial charge in [-0.2, -0.15) is 0 Å². The predicted molar refractivity (Wildman–Crippen MR) is 94.8 cm³/mol. The first-order valence-corrected chi connectivity index (χ1v) is 9.35. The molecule has 3 fully saturated rings. The lowest BCUT2D eigenvalue weighted by Crippen LogP contribution is -2.51. The number of fused-ring (bicyclic) bond motifs is 5. The van der Waals surface area contributed by atoms with Crippen LogP contribution in [-0.4, -0.2) is 29.0 Å². The maximum absolute atomic E-state index is 13.2. The molecule has 2 bridgehead atoms. The van der Waals surface area contributed by atoms with Crippen molar-refractivity contribution >= 4 is 12.0 Å². The molecule has 134 valence electrons. The summed E-state index contributed by atoms with van der Waals surface area (Å²) in [5, 5.41) is 0. The van der Waals surface area contributed by atoms with Gasteiger partial charge in [0.25, 0.3) is 0 Å². The van der Waals surface area contributed by atoms with E-state index in [9.17, 15) is 9.59 Å². The highest BCUT2D eigenvalue weighted by Crippen LogP contribution is 2.68. The lowest BCUT2D eigenvalue weighted by Gasteiger charge is -2.41. The fraction of sp³-hybridized carbons (Fsp3) is 0.619. The molecule has 1 aliphatic heterocycles. The van der Waals surface area contributed by atoms with Crippen LogP contribution in [0.1, 0.15) is 46.1 Å². The zero-order chi connectivity index (χ0) is 18.0. The largest absolute Gasteiger partial charge is 0.443 e. The Hall–Kier alpha value is -1.84. The monoisotopic (exact) mass is 341 g/mol. The molecule has 0 spiro atoms. The fourth-order valence-corrected chi connectivity index (χ4v) is 5.63. The van der Waals surface area contributed by atoms with Gasteiger partial charge in [0.05, 0.1) is 6.04 Å². The molecule has 2 aliphatic carbocycles. The Balaban J connectivity index is 1.60. The second kappa shape index (κ2) is 5.33. The minimum absolute atomic E-state index is 0.0589. The first-order chi connectivity index (χ1) is 11.8. The molecule has 1 saturated heterocycles. The van der Waals surface area contributed by atoms with E-state index in [0.717, 1.165) is 18.4 Å². The molecule has 3 aliphatic rings. The van der Waals surface area contributed by atoms with E-state index in [1.807, 2.05) is 37.3 Å². The Morgan fingerprint density at radius 1 is 1.28 bits per heavy atom. The van der Waals surface area contributed by atoms with Crippen molar-refractivity contribution in [2.24, 2.45) is 22.7 Å². The van der Waals surface area contributed by atoms with Crippen molar-refractivity contribution in [3.8, 4) is 0 Å². The van der Waals surface area contributed by atoms with Gasteiger partial charge in [0.2, 0.25) is 5.91 Å². The van der Waals surface area contributed by atoms with Gasteiger partial charge in [0, 0.05) is 11.8 Å². The van der Waals surface area contributed by atoms with E-state index in [1.165, 1.54) is 4.90 Å². The van der Waals surface area contributed by atoms with Gasteiger partial charge in [0.15, 0.2) is 0 Å². The minimum Gasteiger partial charge on any atom is -0.443 e. The number of rotatable bonds is 3. The van der Waals surface area contributed by atoms with Gasteiger partial charge in [-0.3, -0.25) is 4.79 Å². The molecule has 0 N–H and O–H groups in total. The van der Waals surface area contributed by atoms with E-state index in [2.05, 4.69) is 20.8 Å². The first kappa shape index (κ1) is 16.6. The molecule has 1 aromatic rings. The number of hydrogen-bond donors (Lipinski definition) is 0. The van der Waals surface area contributed by atoms with Gasteiger partial charge in [-0.25, -0.2) is 9.69 Å². The van der Waals surface area contributed by atoms with Crippen molar-refractivity contribution in [2.45, 2.75) is 59.1 Å². The van der Waals surface area contributed by atoms with Crippen LogP contribution >= 0.6 is 0 Å². The van der Waals surface area contributed by atoms with Crippen molar-refractivity contribution < 1.29 is 14.3 Å². The third-order valence-corrected chi connectivity index (χ3v) is 7.49. The summed E-state index contributed by atoms with van der Waals surface area (Å²) in [6.07, 6.45) is 2.21. The second-order valence-corrected chi connectivity index (χ2v) is 8.88. The zero-order valence-corrected chi connectivity index (χ0v) is 15.5. The van der Waals surface area contributed by atoms with Crippen molar-refractivity contribution in [2.75, 3.05) is 0 Å². The summed E-state index contributed by atoms with van der Waals surface area (Å²) in [5.74, 6) is 0.0270. The van der Waals surface area contributed by atoms with E-state index in [1.54, 1.807) is 0 Å². The molecule has 0 aromatic heterocycles. The predicted octanol–water partition coefficient (Wildman–Crippen LogP) is 4.04. The topological polar surface area (TPSA) is 46.6 Å². The number of hydrogen-bond acceptors (Lipinski definition) is 3. The summed E-state index contributed by atoms with van der Waals surface area (Å²) in [6, 6.07) is 9.86. The molecule has 4 rings (SSSR count). The Labute approximate surface area is 149 Å². The van der Waals surface area contributed by atoms with Crippen LogP contribution in [0.25, 0.3) is 0 Å². The van der Waals surface area contributed by atoms with Gasteiger partial charge >= 0.3 is 6.09 Å². The summed E-state index contributed by atoms with van der Waals surface area (Å²) in [4.78, 5) is 27.2. The van der Waals surface area contributed by atoms with E-state index in [0.29, 0.717) is 12.3 Å². The van der Waals surface area contributed by atoms with E-state index in [4.69, 9.17) is 4.74 Å². The summed E-state index contributed by atoms with van der Waals surface area (Å²) in [6.45, 7) is 8.69. The summed E-state index contributed by atoms with van der Waals surface area (Å²) < 4.78 is 5.72. The highest BCUT2D eigenvalue weighted by molar-refractivity contribution is 5.95. The quantitative estimate of drug-likeness (QED) is 0.833. The standard InChI is InChI=1S/C21H27NO3/c1-13(12-14-8-6-5-7-9-14)18(23)22-17-16(25-19(22)24)15-10-11-21(17,4)20(15,2)3/h5-9,13,15-17H,10-12H2,1-4H3/t13-,15-,16-,17-,21+/m1/s1. The average Bonchev–Trinajstić information content (AvgIpc) is 3.08. The summed E-state index contributed by atoms with van der Waals surface area (Å²) in [7, 11) is 0. The van der Waals surface area contributed by atoms with Crippen molar-refractivity contribution in [1.29, 1.82) is 0 Å². The van der Waals surface area contributed by atoms with Gasteiger partial charge in [-0.1, -0.05) is 58.0 Å². The molecule has 2 amide bonds. The minimum atomic E-state index is -0.437. The second-order valence-electron chi connectivity index (χ2n) is 8.88. The lowest BCUT2D eigenvalue weighted by atomic mass is 9.68. The summed E-state index contributed by atoms with van der Waals surface area (Å²) in [5.41, 5.74) is 1.15. The third-order valence-electron chi connectivity index (χ3n) is 7.49. The number of carbonyl (C=O) groups is 2. The van der Waals surface area contributed by atoms with E-state index < -0.39 is 6.09 Å². The third kappa shape index (κ3) is 2.12. The molecular formula is C21H27NO3.